The number of ether oxygens (including phenoxy) is 1. The van der Waals surface area contributed by atoms with Crippen molar-refractivity contribution in [3.8, 4) is 5.75 Å². The van der Waals surface area contributed by atoms with Gasteiger partial charge in [0.1, 0.15) is 5.75 Å². The van der Waals surface area contributed by atoms with Gasteiger partial charge in [-0.2, -0.15) is 0 Å². The number of hydrogen-bond acceptors (Lipinski definition) is 3. The molecule has 2 heterocycles. The lowest BCUT2D eigenvalue weighted by Gasteiger charge is -2.37. The number of benzene rings is 1. The molecule has 3 heteroatoms. The van der Waals surface area contributed by atoms with E-state index in [1.807, 2.05) is 0 Å². The predicted octanol–water partition coefficient (Wildman–Crippen LogP) is 1.85. The van der Waals surface area contributed by atoms with Crippen molar-refractivity contribution in [2.75, 3.05) is 26.2 Å². The highest BCUT2D eigenvalue weighted by Gasteiger charge is 2.21. The molecule has 0 saturated carbocycles. The Labute approximate surface area is 115 Å². The van der Waals surface area contributed by atoms with Gasteiger partial charge in [-0.1, -0.05) is 12.1 Å². The maximum absolute atomic E-state index is 5.56. The largest absolute Gasteiger partial charge is 0.493 e. The van der Waals surface area contributed by atoms with Gasteiger partial charge in [0.2, 0.25) is 0 Å². The number of piperazine rings is 1. The molecular weight excluding hydrogens is 236 g/mol. The number of nitrogens with zero attached hydrogens (tertiary/aromatic N) is 1. The zero-order valence-electron chi connectivity index (χ0n) is 12.0. The minimum absolute atomic E-state index is 0.615. The molecule has 0 bridgehead atoms. The molecule has 1 aromatic rings. The Morgan fingerprint density at radius 2 is 2.26 bits per heavy atom. The number of fused-ring (bicyclic) bond motifs is 1. The molecule has 2 atom stereocenters. The van der Waals surface area contributed by atoms with E-state index < -0.39 is 0 Å². The molecule has 1 fully saturated rings. The summed E-state index contributed by atoms with van der Waals surface area (Å²) in [5, 5.41) is 3.54. The first-order valence-corrected chi connectivity index (χ1v) is 7.44. The Morgan fingerprint density at radius 3 is 3.16 bits per heavy atom. The van der Waals surface area contributed by atoms with Crippen LogP contribution in [-0.4, -0.2) is 43.2 Å². The first-order chi connectivity index (χ1) is 9.22. The van der Waals surface area contributed by atoms with Crippen molar-refractivity contribution in [1.29, 1.82) is 0 Å². The second-order valence-corrected chi connectivity index (χ2v) is 5.94. The zero-order chi connectivity index (χ0) is 13.2. The topological polar surface area (TPSA) is 24.5 Å². The predicted molar refractivity (Wildman–Crippen MR) is 77.8 cm³/mol. The van der Waals surface area contributed by atoms with Crippen LogP contribution in [0.3, 0.4) is 0 Å². The van der Waals surface area contributed by atoms with E-state index in [0.29, 0.717) is 12.1 Å². The lowest BCUT2D eigenvalue weighted by atomic mass is 10.0. The summed E-state index contributed by atoms with van der Waals surface area (Å²) < 4.78 is 5.56. The van der Waals surface area contributed by atoms with Gasteiger partial charge in [-0.3, -0.25) is 4.90 Å². The monoisotopic (exact) mass is 260 g/mol. The molecule has 0 amide bonds. The second kappa shape index (κ2) is 5.51. The molecule has 0 radical (unpaired) electrons. The summed E-state index contributed by atoms with van der Waals surface area (Å²) in [5.41, 5.74) is 2.84. The van der Waals surface area contributed by atoms with Crippen LogP contribution in [-0.2, 0) is 12.8 Å². The van der Waals surface area contributed by atoms with Crippen molar-refractivity contribution in [3.63, 3.8) is 0 Å². The summed E-state index contributed by atoms with van der Waals surface area (Å²) in [6, 6.07) is 7.96. The Bertz CT molecular complexity index is 446. The maximum Gasteiger partial charge on any atom is 0.122 e. The lowest BCUT2D eigenvalue weighted by Crippen LogP contribution is -2.54. The molecular formula is C16H24N2O. The van der Waals surface area contributed by atoms with Crippen LogP contribution in [0, 0.1) is 0 Å². The molecule has 0 aromatic heterocycles. The number of rotatable bonds is 3. The van der Waals surface area contributed by atoms with E-state index in [0.717, 1.165) is 44.8 Å². The minimum atomic E-state index is 0.615. The maximum atomic E-state index is 5.56. The third kappa shape index (κ3) is 2.93. The van der Waals surface area contributed by atoms with E-state index in [1.165, 1.54) is 11.1 Å². The summed E-state index contributed by atoms with van der Waals surface area (Å²) >= 11 is 0. The van der Waals surface area contributed by atoms with Gasteiger partial charge in [-0.15, -0.1) is 0 Å². The third-order valence-electron chi connectivity index (χ3n) is 4.33. The summed E-state index contributed by atoms with van der Waals surface area (Å²) in [4.78, 5) is 2.60. The van der Waals surface area contributed by atoms with E-state index in [2.05, 4.69) is 42.3 Å². The van der Waals surface area contributed by atoms with Crippen LogP contribution in [0.4, 0.5) is 0 Å². The fourth-order valence-corrected chi connectivity index (χ4v) is 3.08. The first kappa shape index (κ1) is 12.9. The van der Waals surface area contributed by atoms with Crippen LogP contribution in [0.5, 0.6) is 5.75 Å². The Balaban J connectivity index is 1.59. The van der Waals surface area contributed by atoms with Crippen molar-refractivity contribution < 1.29 is 4.74 Å². The highest BCUT2D eigenvalue weighted by molar-refractivity contribution is 5.39. The molecule has 0 spiro atoms. The summed E-state index contributed by atoms with van der Waals surface area (Å²) in [6.45, 7) is 8.87. The summed E-state index contributed by atoms with van der Waals surface area (Å²) in [6.07, 6.45) is 2.22. The van der Waals surface area contributed by atoms with Gasteiger partial charge in [-0.05, 0) is 37.5 Å². The highest BCUT2D eigenvalue weighted by atomic mass is 16.5. The molecule has 1 aromatic carbocycles. The quantitative estimate of drug-likeness (QED) is 0.897. The van der Waals surface area contributed by atoms with Gasteiger partial charge >= 0.3 is 0 Å². The van der Waals surface area contributed by atoms with Crippen LogP contribution in [0.15, 0.2) is 18.2 Å². The van der Waals surface area contributed by atoms with Crippen molar-refractivity contribution >= 4 is 0 Å². The molecule has 0 aliphatic carbocycles. The van der Waals surface area contributed by atoms with E-state index >= 15 is 0 Å². The average Bonchev–Trinajstić information content (AvgIpc) is 2.87. The van der Waals surface area contributed by atoms with Crippen LogP contribution >= 0.6 is 0 Å². The van der Waals surface area contributed by atoms with Gasteiger partial charge in [-0.25, -0.2) is 0 Å². The molecule has 2 unspecified atom stereocenters. The van der Waals surface area contributed by atoms with Crippen LogP contribution in [0.25, 0.3) is 0 Å². The smallest absolute Gasteiger partial charge is 0.122 e. The van der Waals surface area contributed by atoms with Gasteiger partial charge in [0.05, 0.1) is 6.61 Å². The lowest BCUT2D eigenvalue weighted by molar-refractivity contribution is 0.148. The SMILES string of the molecule is CC1CN(CCc2ccc3c(c2)CCO3)C(C)CN1. The van der Waals surface area contributed by atoms with Crippen molar-refractivity contribution in [2.24, 2.45) is 0 Å². The van der Waals surface area contributed by atoms with Gasteiger partial charge < -0.3 is 10.1 Å². The first-order valence-electron chi connectivity index (χ1n) is 7.44. The fourth-order valence-electron chi connectivity index (χ4n) is 3.08. The molecule has 19 heavy (non-hydrogen) atoms. The summed E-state index contributed by atoms with van der Waals surface area (Å²) in [7, 11) is 0. The Morgan fingerprint density at radius 1 is 1.37 bits per heavy atom. The fraction of sp³-hybridized carbons (Fsp3) is 0.625. The minimum Gasteiger partial charge on any atom is -0.493 e. The van der Waals surface area contributed by atoms with Crippen molar-refractivity contribution in [3.05, 3.63) is 29.3 Å². The van der Waals surface area contributed by atoms with Gasteiger partial charge in [0.15, 0.2) is 0 Å². The zero-order valence-corrected chi connectivity index (χ0v) is 12.0. The normalized spacial score (nSPS) is 27.1. The standard InChI is InChI=1S/C16H24N2O/c1-12-11-18(13(2)10-17-12)7-5-14-3-4-16-15(9-14)6-8-19-16/h3-4,9,12-13,17H,5-8,10-11H2,1-2H3. The van der Waals surface area contributed by atoms with Crippen molar-refractivity contribution in [1.82, 2.24) is 10.2 Å². The highest BCUT2D eigenvalue weighted by Crippen LogP contribution is 2.26. The summed E-state index contributed by atoms with van der Waals surface area (Å²) in [5.74, 6) is 1.09. The van der Waals surface area contributed by atoms with Gasteiger partial charge in [0, 0.05) is 38.1 Å². The van der Waals surface area contributed by atoms with Crippen molar-refractivity contribution in [2.45, 2.75) is 38.8 Å². The van der Waals surface area contributed by atoms with E-state index in [9.17, 15) is 0 Å². The molecule has 2 aliphatic heterocycles. The van der Waals surface area contributed by atoms with Crippen LogP contribution in [0.2, 0.25) is 0 Å². The molecule has 3 nitrogen and oxygen atoms in total. The van der Waals surface area contributed by atoms with E-state index in [4.69, 9.17) is 4.74 Å². The number of hydrogen-bond donors (Lipinski definition) is 1. The molecule has 104 valence electrons. The average molecular weight is 260 g/mol. The molecule has 3 rings (SSSR count). The molecule has 1 N–H and O–H groups in total. The molecule has 2 aliphatic rings. The van der Waals surface area contributed by atoms with Gasteiger partial charge in [0.25, 0.3) is 0 Å². The van der Waals surface area contributed by atoms with Crippen LogP contribution in [0.1, 0.15) is 25.0 Å². The molecule has 1 saturated heterocycles. The number of nitrogens with one attached hydrogen (secondary N) is 1. The van der Waals surface area contributed by atoms with E-state index in [1.54, 1.807) is 0 Å². The second-order valence-electron chi connectivity index (χ2n) is 5.94. The van der Waals surface area contributed by atoms with Crippen LogP contribution < -0.4 is 10.1 Å². The Hall–Kier alpha value is -1.06. The Kier molecular flexibility index (Phi) is 3.76. The van der Waals surface area contributed by atoms with E-state index in [-0.39, 0.29) is 0 Å². The third-order valence-corrected chi connectivity index (χ3v) is 4.33.